The van der Waals surface area contributed by atoms with Gasteiger partial charge < -0.3 is 14.1 Å². The van der Waals surface area contributed by atoms with Crippen molar-refractivity contribution in [1.29, 1.82) is 10.5 Å². The number of esters is 1. The van der Waals surface area contributed by atoms with Crippen molar-refractivity contribution in [2.45, 2.75) is 18.0 Å². The molecule has 0 radical (unpaired) electrons. The predicted octanol–water partition coefficient (Wildman–Crippen LogP) is 4.29. The number of carbonyl (C=O) groups is 1. The summed E-state index contributed by atoms with van der Waals surface area (Å²) in [7, 11) is 0. The third-order valence-electron chi connectivity index (χ3n) is 6.02. The summed E-state index contributed by atoms with van der Waals surface area (Å²) in [5, 5.41) is 20.5. The van der Waals surface area contributed by atoms with Crippen molar-refractivity contribution < 1.29 is 13.9 Å². The number of anilines is 1. The maximum absolute atomic E-state index is 13.6. The second-order valence-corrected chi connectivity index (χ2v) is 7.58. The molecule has 0 unspecified atom stereocenters. The first-order chi connectivity index (χ1) is 15.2. The number of ether oxygens (including phenoxy) is 1. The summed E-state index contributed by atoms with van der Waals surface area (Å²) >= 11 is 0. The number of furan rings is 1. The van der Waals surface area contributed by atoms with Crippen LogP contribution in [-0.2, 0) is 4.79 Å². The minimum absolute atomic E-state index is 0.405. The second kappa shape index (κ2) is 7.19. The average Bonchev–Trinajstić information content (AvgIpc) is 3.44. The van der Waals surface area contributed by atoms with Crippen molar-refractivity contribution >= 4 is 17.7 Å². The number of hydrogen-bond acceptors (Lipinski definition) is 6. The highest BCUT2D eigenvalue weighted by atomic mass is 16.5. The molecule has 0 amide bonds. The van der Waals surface area contributed by atoms with Gasteiger partial charge in [0.05, 0.1) is 36.6 Å². The lowest BCUT2D eigenvalue weighted by Gasteiger charge is -2.34. The molecular weight excluding hydrogens is 390 g/mol. The van der Waals surface area contributed by atoms with Gasteiger partial charge in [-0.05, 0) is 35.4 Å². The number of benzene rings is 2. The molecule has 31 heavy (non-hydrogen) atoms. The van der Waals surface area contributed by atoms with Crippen LogP contribution in [0.4, 0.5) is 5.69 Å². The smallest absolute Gasteiger partial charge is 0.334 e. The number of carbonyl (C=O) groups excluding carboxylic acids is 1. The molecule has 0 spiro atoms. The third kappa shape index (κ3) is 2.73. The first-order valence-electron chi connectivity index (χ1n) is 9.86. The van der Waals surface area contributed by atoms with Crippen LogP contribution in [0.3, 0.4) is 0 Å². The van der Waals surface area contributed by atoms with E-state index in [1.54, 1.807) is 30.3 Å². The Kier molecular flexibility index (Phi) is 4.34. The van der Waals surface area contributed by atoms with Crippen LogP contribution in [0, 0.1) is 28.1 Å². The maximum Gasteiger partial charge on any atom is 0.334 e. The van der Waals surface area contributed by atoms with Crippen molar-refractivity contribution in [3.05, 3.63) is 90.4 Å². The monoisotopic (exact) mass is 407 g/mol. The first-order valence-corrected chi connectivity index (χ1v) is 9.86. The Morgan fingerprint density at radius 1 is 1.03 bits per heavy atom. The molecule has 3 aromatic rings. The van der Waals surface area contributed by atoms with Crippen LogP contribution in [-0.4, -0.2) is 18.1 Å². The lowest BCUT2D eigenvalue weighted by Crippen LogP contribution is -2.45. The molecule has 0 N–H and O–H groups in total. The van der Waals surface area contributed by atoms with Crippen molar-refractivity contribution in [2.24, 2.45) is 5.41 Å². The minimum Gasteiger partial charge on any atom is -0.472 e. The Balaban J connectivity index is 1.70. The van der Waals surface area contributed by atoms with Crippen molar-refractivity contribution in [2.75, 3.05) is 4.90 Å². The van der Waals surface area contributed by atoms with Gasteiger partial charge in [0.25, 0.3) is 0 Å². The number of nitrogens with zero attached hydrogens (tertiary/aromatic N) is 3. The molecule has 0 saturated carbocycles. The van der Waals surface area contributed by atoms with E-state index in [4.69, 9.17) is 9.15 Å². The SMILES string of the molecule is N#CC1(C#N)[C@H](c2ccoc2)[C@@H](C(=O)Oc2ccccc2)N2c3ccccc3C=C[C@H]21. The lowest BCUT2D eigenvalue weighted by molar-refractivity contribution is -0.136. The van der Waals surface area contributed by atoms with E-state index in [9.17, 15) is 15.3 Å². The first kappa shape index (κ1) is 18.7. The summed E-state index contributed by atoms with van der Waals surface area (Å²) in [6.45, 7) is 0. The average molecular weight is 407 g/mol. The standard InChI is InChI=1S/C25H17N3O3/c26-15-25(16-27)21-11-10-17-6-4-5-9-20(17)28(21)23(22(25)18-12-13-30-14-18)24(29)31-19-7-2-1-3-8-19/h1-14,21-23H/t21-,22+,23-/m0/s1. The van der Waals surface area contributed by atoms with Gasteiger partial charge in [0.2, 0.25) is 0 Å². The third-order valence-corrected chi connectivity index (χ3v) is 6.02. The van der Waals surface area contributed by atoms with Crippen LogP contribution in [0.1, 0.15) is 17.0 Å². The molecule has 6 heteroatoms. The minimum atomic E-state index is -1.51. The Labute approximate surface area is 179 Å². The summed E-state index contributed by atoms with van der Waals surface area (Å²) in [6, 6.07) is 21.1. The van der Waals surface area contributed by atoms with Gasteiger partial charge in [0.15, 0.2) is 5.41 Å². The molecular formula is C25H17N3O3. The van der Waals surface area contributed by atoms with Crippen molar-refractivity contribution in [3.63, 3.8) is 0 Å². The zero-order chi connectivity index (χ0) is 21.4. The number of hydrogen-bond donors (Lipinski definition) is 0. The molecule has 3 atom stereocenters. The van der Waals surface area contributed by atoms with Crippen molar-refractivity contribution in [1.82, 2.24) is 0 Å². The molecule has 2 aliphatic heterocycles. The summed E-state index contributed by atoms with van der Waals surface area (Å²) in [4.78, 5) is 15.4. The Hall–Kier alpha value is -4.29. The molecule has 2 aliphatic rings. The maximum atomic E-state index is 13.6. The molecule has 6 nitrogen and oxygen atoms in total. The van der Waals surface area contributed by atoms with Gasteiger partial charge in [-0.3, -0.25) is 0 Å². The normalized spacial score (nSPS) is 22.6. The highest BCUT2D eigenvalue weighted by Crippen LogP contribution is 2.55. The van der Waals surface area contributed by atoms with Crippen LogP contribution in [0.15, 0.2) is 83.7 Å². The summed E-state index contributed by atoms with van der Waals surface area (Å²) < 4.78 is 11.0. The fourth-order valence-electron chi connectivity index (χ4n) is 4.70. The fourth-order valence-corrected chi connectivity index (χ4v) is 4.70. The van der Waals surface area contributed by atoms with Gasteiger partial charge in [0, 0.05) is 5.69 Å². The topological polar surface area (TPSA) is 90.3 Å². The molecule has 1 aromatic heterocycles. The number of para-hydroxylation sites is 2. The van der Waals surface area contributed by atoms with E-state index in [2.05, 4.69) is 12.1 Å². The van der Waals surface area contributed by atoms with E-state index in [1.165, 1.54) is 12.5 Å². The Morgan fingerprint density at radius 2 is 1.77 bits per heavy atom. The van der Waals surface area contributed by atoms with Gasteiger partial charge in [-0.15, -0.1) is 0 Å². The summed E-state index contributed by atoms with van der Waals surface area (Å²) in [5.74, 6) is -0.889. The molecule has 2 aromatic carbocycles. The molecule has 0 bridgehead atoms. The van der Waals surface area contributed by atoms with E-state index < -0.39 is 29.4 Å². The summed E-state index contributed by atoms with van der Waals surface area (Å²) in [5.41, 5.74) is 0.798. The quantitative estimate of drug-likeness (QED) is 0.475. The molecule has 1 saturated heterocycles. The summed E-state index contributed by atoms with van der Waals surface area (Å²) in [6.07, 6.45) is 6.70. The number of fused-ring (bicyclic) bond motifs is 3. The fraction of sp³-hybridized carbons (Fsp3) is 0.160. The van der Waals surface area contributed by atoms with E-state index in [0.29, 0.717) is 11.3 Å². The van der Waals surface area contributed by atoms with Crippen molar-refractivity contribution in [3.8, 4) is 17.9 Å². The highest BCUT2D eigenvalue weighted by molar-refractivity contribution is 5.89. The number of nitriles is 2. The zero-order valence-corrected chi connectivity index (χ0v) is 16.4. The Bertz CT molecular complexity index is 1220. The molecule has 5 rings (SSSR count). The van der Waals surface area contributed by atoms with Gasteiger partial charge in [-0.2, -0.15) is 10.5 Å². The van der Waals surface area contributed by atoms with Crippen LogP contribution in [0.5, 0.6) is 5.75 Å². The zero-order valence-electron chi connectivity index (χ0n) is 16.4. The van der Waals surface area contributed by atoms with Crippen LogP contribution < -0.4 is 9.64 Å². The van der Waals surface area contributed by atoms with E-state index in [0.717, 1.165) is 11.3 Å². The van der Waals surface area contributed by atoms with E-state index in [-0.39, 0.29) is 0 Å². The van der Waals surface area contributed by atoms with Crippen LogP contribution in [0.2, 0.25) is 0 Å². The predicted molar refractivity (Wildman–Crippen MR) is 113 cm³/mol. The van der Waals surface area contributed by atoms with E-state index in [1.807, 2.05) is 47.4 Å². The van der Waals surface area contributed by atoms with Gasteiger partial charge in [0.1, 0.15) is 11.8 Å². The molecule has 3 heterocycles. The van der Waals surface area contributed by atoms with Gasteiger partial charge in [-0.1, -0.05) is 48.6 Å². The van der Waals surface area contributed by atoms with Crippen LogP contribution >= 0.6 is 0 Å². The van der Waals surface area contributed by atoms with Gasteiger partial charge >= 0.3 is 5.97 Å². The Morgan fingerprint density at radius 3 is 2.48 bits per heavy atom. The van der Waals surface area contributed by atoms with Gasteiger partial charge in [-0.25, -0.2) is 4.79 Å². The molecule has 0 aliphatic carbocycles. The molecule has 1 fully saturated rings. The largest absolute Gasteiger partial charge is 0.472 e. The number of rotatable bonds is 3. The van der Waals surface area contributed by atoms with Crippen LogP contribution in [0.25, 0.3) is 6.08 Å². The highest BCUT2D eigenvalue weighted by Gasteiger charge is 2.64. The lowest BCUT2D eigenvalue weighted by atomic mass is 9.70. The molecule has 150 valence electrons. The second-order valence-electron chi connectivity index (χ2n) is 7.58. The van der Waals surface area contributed by atoms with E-state index >= 15 is 0 Å².